The molecule has 0 bridgehead atoms. The van der Waals surface area contributed by atoms with Gasteiger partial charge in [0.25, 0.3) is 0 Å². The third-order valence-corrected chi connectivity index (χ3v) is 3.53. The molecule has 0 aliphatic rings. The van der Waals surface area contributed by atoms with Crippen molar-refractivity contribution in [1.29, 1.82) is 0 Å². The standard InChI is InChI=1S/C12H7F3O5S/c13-12(14,15)21(18,19)20-10-4-3-7-1-2-8(11(16)17)5-9(7)6-10/h1-6H,(H,16,17). The van der Waals surface area contributed by atoms with Gasteiger partial charge in [0.2, 0.25) is 0 Å². The Morgan fingerprint density at radius 1 is 1.05 bits per heavy atom. The van der Waals surface area contributed by atoms with Gasteiger partial charge < -0.3 is 9.29 Å². The van der Waals surface area contributed by atoms with E-state index in [1.807, 2.05) is 0 Å². The summed E-state index contributed by atoms with van der Waals surface area (Å²) >= 11 is 0. The number of benzene rings is 2. The first kappa shape index (κ1) is 15.1. The minimum atomic E-state index is -5.76. The lowest BCUT2D eigenvalue weighted by molar-refractivity contribution is -0.0500. The van der Waals surface area contributed by atoms with E-state index in [0.717, 1.165) is 12.1 Å². The first-order valence-corrected chi connectivity index (χ1v) is 6.79. The molecule has 0 spiro atoms. The molecule has 0 saturated heterocycles. The van der Waals surface area contributed by atoms with Gasteiger partial charge in [0.1, 0.15) is 5.75 Å². The first-order valence-electron chi connectivity index (χ1n) is 5.38. The summed E-state index contributed by atoms with van der Waals surface area (Å²) in [7, 11) is -5.76. The summed E-state index contributed by atoms with van der Waals surface area (Å²) in [4.78, 5) is 10.8. The molecule has 9 heteroatoms. The molecule has 21 heavy (non-hydrogen) atoms. The van der Waals surface area contributed by atoms with E-state index in [9.17, 15) is 26.4 Å². The van der Waals surface area contributed by atoms with Crippen molar-refractivity contribution in [3.05, 3.63) is 42.0 Å². The van der Waals surface area contributed by atoms with Crippen LogP contribution in [0.3, 0.4) is 0 Å². The molecule has 0 fully saturated rings. The van der Waals surface area contributed by atoms with E-state index in [-0.39, 0.29) is 10.9 Å². The largest absolute Gasteiger partial charge is 0.534 e. The SMILES string of the molecule is O=C(O)c1ccc2ccc(OS(=O)(=O)C(F)(F)F)cc2c1. The summed E-state index contributed by atoms with van der Waals surface area (Å²) in [5.41, 5.74) is -5.62. The number of halogens is 3. The lowest BCUT2D eigenvalue weighted by Gasteiger charge is -2.10. The van der Waals surface area contributed by atoms with Gasteiger partial charge in [0.05, 0.1) is 5.56 Å². The third kappa shape index (κ3) is 3.07. The predicted octanol–water partition coefficient (Wildman–Crippen LogP) is 2.77. The van der Waals surface area contributed by atoms with Crippen molar-refractivity contribution in [2.24, 2.45) is 0 Å². The monoisotopic (exact) mass is 320 g/mol. The molecule has 1 N–H and O–H groups in total. The van der Waals surface area contributed by atoms with Crippen LogP contribution in [0.15, 0.2) is 36.4 Å². The topological polar surface area (TPSA) is 80.7 Å². The van der Waals surface area contributed by atoms with E-state index < -0.39 is 27.3 Å². The zero-order chi connectivity index (χ0) is 15.8. The van der Waals surface area contributed by atoms with Gasteiger partial charge in [-0.2, -0.15) is 21.6 Å². The van der Waals surface area contributed by atoms with E-state index in [1.165, 1.54) is 24.3 Å². The van der Waals surface area contributed by atoms with Gasteiger partial charge in [-0.3, -0.25) is 0 Å². The van der Waals surface area contributed by atoms with E-state index in [2.05, 4.69) is 4.18 Å². The van der Waals surface area contributed by atoms with E-state index >= 15 is 0 Å². The number of rotatable bonds is 3. The normalized spacial score (nSPS) is 12.3. The van der Waals surface area contributed by atoms with E-state index in [4.69, 9.17) is 5.11 Å². The van der Waals surface area contributed by atoms with Crippen molar-refractivity contribution in [3.63, 3.8) is 0 Å². The molecule has 112 valence electrons. The van der Waals surface area contributed by atoms with E-state index in [1.54, 1.807) is 0 Å². The highest BCUT2D eigenvalue weighted by Crippen LogP contribution is 2.29. The molecular weight excluding hydrogens is 313 g/mol. The second-order valence-electron chi connectivity index (χ2n) is 4.01. The van der Waals surface area contributed by atoms with Crippen LogP contribution in [0, 0.1) is 0 Å². The van der Waals surface area contributed by atoms with Crippen LogP contribution in [0.2, 0.25) is 0 Å². The third-order valence-electron chi connectivity index (χ3n) is 2.55. The second kappa shape index (κ2) is 4.92. The van der Waals surface area contributed by atoms with Gasteiger partial charge in [-0.25, -0.2) is 4.79 Å². The predicted molar refractivity (Wildman–Crippen MR) is 66.5 cm³/mol. The Bertz CT molecular complexity index is 811. The number of aromatic carboxylic acids is 1. The maximum Gasteiger partial charge on any atom is 0.534 e. The molecule has 0 aliphatic carbocycles. The molecule has 2 aromatic rings. The average molecular weight is 320 g/mol. The van der Waals surface area contributed by atoms with Crippen LogP contribution in [0.4, 0.5) is 13.2 Å². The van der Waals surface area contributed by atoms with Crippen LogP contribution in [0.1, 0.15) is 10.4 Å². The highest BCUT2D eigenvalue weighted by atomic mass is 32.2. The minimum Gasteiger partial charge on any atom is -0.478 e. The number of hydrogen-bond donors (Lipinski definition) is 1. The first-order chi connectivity index (χ1) is 9.60. The number of hydrogen-bond acceptors (Lipinski definition) is 4. The molecule has 0 unspecified atom stereocenters. The molecule has 0 aliphatic heterocycles. The Morgan fingerprint density at radius 3 is 2.24 bits per heavy atom. The smallest absolute Gasteiger partial charge is 0.478 e. The van der Waals surface area contributed by atoms with Gasteiger partial charge in [-0.05, 0) is 35.0 Å². The Morgan fingerprint density at radius 2 is 1.67 bits per heavy atom. The van der Waals surface area contributed by atoms with Crippen LogP contribution in [0.25, 0.3) is 10.8 Å². The quantitative estimate of drug-likeness (QED) is 0.695. The fraction of sp³-hybridized carbons (Fsp3) is 0.0833. The molecule has 0 atom stereocenters. The zero-order valence-electron chi connectivity index (χ0n) is 10.1. The fourth-order valence-corrected chi connectivity index (χ4v) is 2.04. The number of fused-ring (bicyclic) bond motifs is 1. The molecule has 0 amide bonds. The Labute approximate surface area is 116 Å². The average Bonchev–Trinajstić information content (AvgIpc) is 2.36. The van der Waals surface area contributed by atoms with Crippen molar-refractivity contribution < 1.29 is 35.7 Å². The summed E-state index contributed by atoms with van der Waals surface area (Å²) in [6, 6.07) is 7.35. The van der Waals surface area contributed by atoms with Gasteiger partial charge in [0, 0.05) is 0 Å². The summed E-state index contributed by atoms with van der Waals surface area (Å²) in [6.07, 6.45) is 0. The van der Waals surface area contributed by atoms with Crippen molar-refractivity contribution in [2.75, 3.05) is 0 Å². The summed E-state index contributed by atoms with van der Waals surface area (Å²) in [5.74, 6) is -1.77. The Hall–Kier alpha value is -2.29. The number of carboxylic acid groups (broad SMARTS) is 1. The van der Waals surface area contributed by atoms with Crippen molar-refractivity contribution in [1.82, 2.24) is 0 Å². The van der Waals surface area contributed by atoms with Gasteiger partial charge >= 0.3 is 21.6 Å². The molecule has 0 heterocycles. The van der Waals surface area contributed by atoms with E-state index in [0.29, 0.717) is 5.39 Å². The molecular formula is C12H7F3O5S. The second-order valence-corrected chi connectivity index (χ2v) is 5.55. The molecule has 0 saturated carbocycles. The minimum absolute atomic E-state index is 0.0849. The molecule has 0 radical (unpaired) electrons. The van der Waals surface area contributed by atoms with Gasteiger partial charge in [-0.1, -0.05) is 12.1 Å². The number of alkyl halides is 3. The highest BCUT2D eigenvalue weighted by molar-refractivity contribution is 7.88. The van der Waals surface area contributed by atoms with Crippen LogP contribution < -0.4 is 4.18 Å². The van der Waals surface area contributed by atoms with Crippen molar-refractivity contribution >= 4 is 26.9 Å². The van der Waals surface area contributed by atoms with Crippen molar-refractivity contribution in [2.45, 2.75) is 5.51 Å². The maximum absolute atomic E-state index is 12.2. The molecule has 2 aromatic carbocycles. The lowest BCUT2D eigenvalue weighted by atomic mass is 10.1. The number of carbonyl (C=O) groups is 1. The lowest BCUT2D eigenvalue weighted by Crippen LogP contribution is -2.28. The highest BCUT2D eigenvalue weighted by Gasteiger charge is 2.48. The van der Waals surface area contributed by atoms with Gasteiger partial charge in [-0.15, -0.1) is 0 Å². The summed E-state index contributed by atoms with van der Waals surface area (Å²) in [5, 5.41) is 9.60. The van der Waals surface area contributed by atoms with Crippen LogP contribution in [0.5, 0.6) is 5.75 Å². The van der Waals surface area contributed by atoms with Crippen molar-refractivity contribution in [3.8, 4) is 5.75 Å². The van der Waals surface area contributed by atoms with Crippen LogP contribution >= 0.6 is 0 Å². The molecule has 5 nitrogen and oxygen atoms in total. The van der Waals surface area contributed by atoms with Crippen LogP contribution in [-0.4, -0.2) is 25.0 Å². The van der Waals surface area contributed by atoms with Crippen LogP contribution in [-0.2, 0) is 10.1 Å². The summed E-state index contributed by atoms with van der Waals surface area (Å²) < 4.78 is 62.4. The Balaban J connectivity index is 2.45. The number of carboxylic acids is 1. The fourth-order valence-electron chi connectivity index (χ4n) is 1.58. The zero-order valence-corrected chi connectivity index (χ0v) is 10.9. The maximum atomic E-state index is 12.2. The molecule has 2 rings (SSSR count). The van der Waals surface area contributed by atoms with Gasteiger partial charge in [0.15, 0.2) is 0 Å². The molecule has 0 aromatic heterocycles. The Kier molecular flexibility index (Phi) is 3.54. The summed E-state index contributed by atoms with van der Waals surface area (Å²) in [6.45, 7) is 0.